The van der Waals surface area contributed by atoms with E-state index in [0.717, 1.165) is 18.2 Å². The fourth-order valence-corrected chi connectivity index (χ4v) is 2.66. The number of nitrogens with zero attached hydrogens (tertiary/aromatic N) is 3. The van der Waals surface area contributed by atoms with E-state index in [1.165, 1.54) is 25.9 Å². The van der Waals surface area contributed by atoms with Crippen LogP contribution in [0.15, 0.2) is 10.9 Å². The van der Waals surface area contributed by atoms with E-state index >= 15 is 0 Å². The molecule has 0 radical (unpaired) electrons. The number of anilines is 1. The third-order valence-corrected chi connectivity index (χ3v) is 4.05. The lowest BCUT2D eigenvalue weighted by molar-refractivity contribution is 0.222. The lowest BCUT2D eigenvalue weighted by atomic mass is 9.97. The summed E-state index contributed by atoms with van der Waals surface area (Å²) in [5.74, 6) is 2.48. The number of aromatic nitrogens is 2. The molecule has 0 unspecified atom stereocenters. The summed E-state index contributed by atoms with van der Waals surface area (Å²) in [5.41, 5.74) is -0.0612. The first-order valence-electron chi connectivity index (χ1n) is 7.46. The molecule has 0 aliphatic carbocycles. The van der Waals surface area contributed by atoms with Gasteiger partial charge in [-0.05, 0) is 38.9 Å². The molecule has 112 valence electrons. The summed E-state index contributed by atoms with van der Waals surface area (Å²) in [5, 5.41) is 0. The Kier molecular flexibility index (Phi) is 4.81. The molecule has 0 saturated carbocycles. The van der Waals surface area contributed by atoms with Gasteiger partial charge >= 0.3 is 0 Å². The van der Waals surface area contributed by atoms with Crippen molar-refractivity contribution in [2.45, 2.75) is 32.6 Å². The third-order valence-electron chi connectivity index (χ3n) is 4.05. The van der Waals surface area contributed by atoms with E-state index in [4.69, 9.17) is 0 Å². The second kappa shape index (κ2) is 6.39. The van der Waals surface area contributed by atoms with Crippen molar-refractivity contribution in [3.05, 3.63) is 22.2 Å². The molecule has 1 aliphatic heterocycles. The highest BCUT2D eigenvalue weighted by Crippen LogP contribution is 2.19. The van der Waals surface area contributed by atoms with Crippen LogP contribution >= 0.6 is 0 Å². The average Bonchev–Trinajstić information content (AvgIpc) is 2.40. The minimum absolute atomic E-state index is 0.0612. The summed E-state index contributed by atoms with van der Waals surface area (Å²) in [4.78, 5) is 23.6. The molecule has 5 heteroatoms. The number of nitrogens with one attached hydrogen (secondary N) is 1. The van der Waals surface area contributed by atoms with Crippen LogP contribution in [-0.2, 0) is 0 Å². The van der Waals surface area contributed by atoms with Crippen molar-refractivity contribution in [3.63, 3.8) is 0 Å². The predicted molar refractivity (Wildman–Crippen MR) is 82.4 cm³/mol. The van der Waals surface area contributed by atoms with Crippen molar-refractivity contribution < 1.29 is 0 Å². The van der Waals surface area contributed by atoms with Crippen LogP contribution < -0.4 is 10.5 Å². The van der Waals surface area contributed by atoms with Gasteiger partial charge in [-0.1, -0.05) is 13.8 Å². The Bertz CT molecular complexity index is 489. The Hall–Kier alpha value is -1.36. The van der Waals surface area contributed by atoms with Gasteiger partial charge < -0.3 is 14.8 Å². The van der Waals surface area contributed by atoms with E-state index in [2.05, 4.69) is 26.8 Å². The molecule has 0 atom stereocenters. The zero-order valence-electron chi connectivity index (χ0n) is 13.0. The lowest BCUT2D eigenvalue weighted by Gasteiger charge is -2.32. The third kappa shape index (κ3) is 3.82. The Morgan fingerprint density at radius 2 is 2.10 bits per heavy atom. The topological polar surface area (TPSA) is 52.2 Å². The summed E-state index contributed by atoms with van der Waals surface area (Å²) in [7, 11) is 4.21. The summed E-state index contributed by atoms with van der Waals surface area (Å²) in [6.07, 6.45) is 2.45. The van der Waals surface area contributed by atoms with Crippen LogP contribution in [-0.4, -0.2) is 48.6 Å². The molecular weight excluding hydrogens is 252 g/mol. The van der Waals surface area contributed by atoms with Crippen LogP contribution in [0.2, 0.25) is 0 Å². The number of piperidine rings is 1. The zero-order chi connectivity index (χ0) is 14.7. The molecule has 20 heavy (non-hydrogen) atoms. The Morgan fingerprint density at radius 3 is 2.70 bits per heavy atom. The van der Waals surface area contributed by atoms with Gasteiger partial charge in [-0.25, -0.2) is 4.98 Å². The van der Waals surface area contributed by atoms with Crippen LogP contribution in [0.25, 0.3) is 0 Å². The molecule has 1 aromatic rings. The summed E-state index contributed by atoms with van der Waals surface area (Å²) < 4.78 is 0. The quantitative estimate of drug-likeness (QED) is 0.910. The summed E-state index contributed by atoms with van der Waals surface area (Å²) in [6.45, 7) is 7.39. The number of rotatable bonds is 4. The first-order chi connectivity index (χ1) is 9.45. The SMILES string of the molecule is CC(C)c1nc(N(C)CC2CCN(C)CC2)cc(=O)[nH]1. The zero-order valence-corrected chi connectivity index (χ0v) is 13.0. The van der Waals surface area contributed by atoms with Crippen LogP contribution in [0.4, 0.5) is 5.82 Å². The molecule has 1 fully saturated rings. The number of H-pyrrole nitrogens is 1. The highest BCUT2D eigenvalue weighted by Gasteiger charge is 2.19. The molecule has 0 amide bonds. The molecule has 5 nitrogen and oxygen atoms in total. The van der Waals surface area contributed by atoms with Gasteiger partial charge in [0.05, 0.1) is 0 Å². The molecule has 1 aliphatic rings. The smallest absolute Gasteiger partial charge is 0.252 e. The van der Waals surface area contributed by atoms with Gasteiger partial charge in [-0.3, -0.25) is 4.79 Å². The van der Waals surface area contributed by atoms with Crippen molar-refractivity contribution in [2.24, 2.45) is 5.92 Å². The maximum atomic E-state index is 11.7. The molecule has 2 heterocycles. The highest BCUT2D eigenvalue weighted by atomic mass is 16.1. The number of hydrogen-bond acceptors (Lipinski definition) is 4. The molecule has 1 N–H and O–H groups in total. The Labute approximate surface area is 121 Å². The van der Waals surface area contributed by atoms with Gasteiger partial charge in [0.25, 0.3) is 5.56 Å². The van der Waals surface area contributed by atoms with Crippen molar-refractivity contribution in [3.8, 4) is 0 Å². The van der Waals surface area contributed by atoms with Crippen LogP contribution in [0.5, 0.6) is 0 Å². The van der Waals surface area contributed by atoms with Crippen molar-refractivity contribution in [2.75, 3.05) is 38.6 Å². The minimum Gasteiger partial charge on any atom is -0.359 e. The van der Waals surface area contributed by atoms with E-state index in [-0.39, 0.29) is 11.5 Å². The second-order valence-corrected chi connectivity index (χ2v) is 6.27. The van der Waals surface area contributed by atoms with E-state index < -0.39 is 0 Å². The lowest BCUT2D eigenvalue weighted by Crippen LogP contribution is -2.36. The van der Waals surface area contributed by atoms with E-state index in [1.807, 2.05) is 20.9 Å². The Morgan fingerprint density at radius 1 is 1.45 bits per heavy atom. The second-order valence-electron chi connectivity index (χ2n) is 6.27. The molecule has 0 bridgehead atoms. The number of hydrogen-bond donors (Lipinski definition) is 1. The number of likely N-dealkylation sites (tertiary alicyclic amines) is 1. The van der Waals surface area contributed by atoms with Gasteiger partial charge in [-0.15, -0.1) is 0 Å². The molecule has 1 saturated heterocycles. The average molecular weight is 278 g/mol. The first-order valence-corrected chi connectivity index (χ1v) is 7.46. The highest BCUT2D eigenvalue weighted by molar-refractivity contribution is 5.36. The van der Waals surface area contributed by atoms with Crippen LogP contribution in [0.1, 0.15) is 38.4 Å². The molecule has 0 spiro atoms. The van der Waals surface area contributed by atoms with Crippen molar-refractivity contribution in [1.82, 2.24) is 14.9 Å². The van der Waals surface area contributed by atoms with Gasteiger partial charge in [0.15, 0.2) is 0 Å². The largest absolute Gasteiger partial charge is 0.359 e. The van der Waals surface area contributed by atoms with E-state index in [9.17, 15) is 4.79 Å². The van der Waals surface area contributed by atoms with Gasteiger partial charge in [0.1, 0.15) is 11.6 Å². The van der Waals surface area contributed by atoms with Crippen LogP contribution in [0, 0.1) is 5.92 Å². The van der Waals surface area contributed by atoms with Gasteiger partial charge in [-0.2, -0.15) is 0 Å². The number of aromatic amines is 1. The predicted octanol–water partition coefficient (Wildman–Crippen LogP) is 1.67. The molecule has 2 rings (SSSR count). The maximum Gasteiger partial charge on any atom is 0.252 e. The molecule has 1 aromatic heterocycles. The standard InChI is InChI=1S/C15H26N4O/c1-11(2)15-16-13(9-14(20)17-15)19(4)10-12-5-7-18(3)8-6-12/h9,11-12H,5-8,10H2,1-4H3,(H,16,17,20). The van der Waals surface area contributed by atoms with Crippen LogP contribution in [0.3, 0.4) is 0 Å². The Balaban J connectivity index is 2.05. The normalized spacial score (nSPS) is 17.6. The summed E-state index contributed by atoms with van der Waals surface area (Å²) in [6, 6.07) is 1.60. The summed E-state index contributed by atoms with van der Waals surface area (Å²) >= 11 is 0. The van der Waals surface area contributed by atoms with Gasteiger partial charge in [0, 0.05) is 25.6 Å². The van der Waals surface area contributed by atoms with Crippen molar-refractivity contribution >= 4 is 5.82 Å². The molecular formula is C15H26N4O. The minimum atomic E-state index is -0.0612. The monoisotopic (exact) mass is 278 g/mol. The van der Waals surface area contributed by atoms with E-state index in [0.29, 0.717) is 5.92 Å². The fourth-order valence-electron chi connectivity index (χ4n) is 2.66. The maximum absolute atomic E-state index is 11.7. The van der Waals surface area contributed by atoms with Crippen molar-refractivity contribution in [1.29, 1.82) is 0 Å². The molecule has 0 aromatic carbocycles. The van der Waals surface area contributed by atoms with Gasteiger partial charge in [0.2, 0.25) is 0 Å². The van der Waals surface area contributed by atoms with E-state index in [1.54, 1.807) is 6.07 Å². The first kappa shape index (κ1) is 15.0. The fraction of sp³-hybridized carbons (Fsp3) is 0.733.